The summed E-state index contributed by atoms with van der Waals surface area (Å²) in [5.41, 5.74) is 3.94. The van der Waals surface area contributed by atoms with Crippen LogP contribution in [0.2, 0.25) is 0 Å². The van der Waals surface area contributed by atoms with Gasteiger partial charge in [-0.1, -0.05) is 20.8 Å². The Balaban J connectivity index is 2.37. The van der Waals surface area contributed by atoms with Crippen molar-refractivity contribution in [1.82, 2.24) is 10.9 Å². The second kappa shape index (κ2) is 4.20. The molecule has 0 saturated heterocycles. The van der Waals surface area contributed by atoms with Gasteiger partial charge in [-0.25, -0.2) is 0 Å². The molecule has 0 aromatic heterocycles. The van der Waals surface area contributed by atoms with E-state index in [1.165, 1.54) is 6.26 Å². The lowest BCUT2D eigenvalue weighted by Crippen LogP contribution is -2.47. The molecule has 0 spiro atoms. The number of rotatable bonds is 1. The van der Waals surface area contributed by atoms with Crippen LogP contribution in [0.3, 0.4) is 0 Å². The number of ether oxygens (including phenoxy) is 2. The molecule has 1 aliphatic heterocycles. The molecule has 0 saturated carbocycles. The Morgan fingerprint density at radius 2 is 2.00 bits per heavy atom. The fraction of sp³-hybridized carbons (Fsp3) is 0.556. The lowest BCUT2D eigenvalue weighted by atomic mass is 9.96. The van der Waals surface area contributed by atoms with Gasteiger partial charge >= 0.3 is 5.91 Å². The first-order chi connectivity index (χ1) is 6.91. The average molecular weight is 214 g/mol. The highest BCUT2D eigenvalue weighted by molar-refractivity contribution is 5.93. The number of carbonyl (C=O) groups excluding carboxylic acids is 2. The van der Waals surface area contributed by atoms with Crippen molar-refractivity contribution in [1.29, 1.82) is 0 Å². The summed E-state index contributed by atoms with van der Waals surface area (Å²) in [5, 5.41) is 0. The first-order valence-corrected chi connectivity index (χ1v) is 4.46. The van der Waals surface area contributed by atoms with Crippen LogP contribution in [0.4, 0.5) is 0 Å². The van der Waals surface area contributed by atoms with Crippen LogP contribution in [-0.4, -0.2) is 18.6 Å². The summed E-state index contributed by atoms with van der Waals surface area (Å²) in [5.74, 6) is -0.773. The molecule has 0 radical (unpaired) electrons. The molecule has 2 N–H and O–H groups in total. The fourth-order valence-corrected chi connectivity index (χ4v) is 0.723. The second-order valence-corrected chi connectivity index (χ2v) is 4.07. The number of nitrogens with one attached hydrogen (secondary N) is 2. The van der Waals surface area contributed by atoms with E-state index in [4.69, 9.17) is 9.47 Å². The van der Waals surface area contributed by atoms with Gasteiger partial charge < -0.3 is 9.47 Å². The highest BCUT2D eigenvalue weighted by atomic mass is 16.7. The van der Waals surface area contributed by atoms with Gasteiger partial charge in [0.1, 0.15) is 6.26 Å². The van der Waals surface area contributed by atoms with Gasteiger partial charge in [-0.3, -0.25) is 20.4 Å². The Morgan fingerprint density at radius 3 is 2.47 bits per heavy atom. The standard InChI is InChI=1S/C9H14N2O4/c1-9(2,3)8(13)11-10-7(12)6-4-14-5-15-6/h4H,5H2,1-3H3,(H,10,12)(H,11,13). The van der Waals surface area contributed by atoms with Crippen LogP contribution in [0, 0.1) is 5.41 Å². The Kier molecular flexibility index (Phi) is 3.18. The van der Waals surface area contributed by atoms with Crippen LogP contribution in [-0.2, 0) is 19.1 Å². The molecule has 0 bridgehead atoms. The summed E-state index contributed by atoms with van der Waals surface area (Å²) < 4.78 is 9.50. The maximum Gasteiger partial charge on any atom is 0.308 e. The summed E-state index contributed by atoms with van der Waals surface area (Å²) in [6, 6.07) is 0. The number of amides is 2. The zero-order valence-electron chi connectivity index (χ0n) is 8.92. The van der Waals surface area contributed by atoms with E-state index in [1.807, 2.05) is 0 Å². The number of hydrogen-bond acceptors (Lipinski definition) is 4. The largest absolute Gasteiger partial charge is 0.461 e. The van der Waals surface area contributed by atoms with Crippen LogP contribution >= 0.6 is 0 Å². The highest BCUT2D eigenvalue weighted by Crippen LogP contribution is 2.12. The van der Waals surface area contributed by atoms with E-state index in [0.717, 1.165) is 0 Å². The lowest BCUT2D eigenvalue weighted by Gasteiger charge is -2.17. The molecule has 0 atom stereocenters. The van der Waals surface area contributed by atoms with Gasteiger partial charge in [0.2, 0.25) is 18.5 Å². The van der Waals surface area contributed by atoms with Crippen molar-refractivity contribution in [2.24, 2.45) is 5.41 Å². The van der Waals surface area contributed by atoms with E-state index in [-0.39, 0.29) is 18.5 Å². The van der Waals surface area contributed by atoms with E-state index in [9.17, 15) is 9.59 Å². The van der Waals surface area contributed by atoms with Gasteiger partial charge in [0.05, 0.1) is 0 Å². The Bertz CT molecular complexity index is 304. The van der Waals surface area contributed by atoms with Crippen LogP contribution in [0.5, 0.6) is 0 Å². The van der Waals surface area contributed by atoms with Crippen LogP contribution < -0.4 is 10.9 Å². The van der Waals surface area contributed by atoms with Crippen molar-refractivity contribution in [2.75, 3.05) is 6.79 Å². The minimum absolute atomic E-state index is 0.0238. The Labute approximate surface area is 87.6 Å². The minimum atomic E-state index is -0.561. The lowest BCUT2D eigenvalue weighted by molar-refractivity contribution is -0.133. The van der Waals surface area contributed by atoms with E-state index in [2.05, 4.69) is 10.9 Å². The predicted molar refractivity (Wildman–Crippen MR) is 50.9 cm³/mol. The number of hydrazine groups is 1. The zero-order valence-corrected chi connectivity index (χ0v) is 8.92. The van der Waals surface area contributed by atoms with Gasteiger partial charge in [-0.2, -0.15) is 0 Å². The molecule has 0 aromatic rings. The first kappa shape index (κ1) is 11.4. The van der Waals surface area contributed by atoms with Crippen molar-refractivity contribution in [3.05, 3.63) is 12.0 Å². The van der Waals surface area contributed by atoms with Gasteiger partial charge in [0.15, 0.2) is 0 Å². The molecule has 0 aromatic carbocycles. The first-order valence-electron chi connectivity index (χ1n) is 4.46. The zero-order chi connectivity index (χ0) is 11.5. The second-order valence-electron chi connectivity index (χ2n) is 4.07. The van der Waals surface area contributed by atoms with Crippen LogP contribution in [0.15, 0.2) is 12.0 Å². The molecular weight excluding hydrogens is 200 g/mol. The van der Waals surface area contributed by atoms with E-state index in [1.54, 1.807) is 20.8 Å². The molecule has 1 aliphatic rings. The summed E-state index contributed by atoms with van der Waals surface area (Å²) in [6.45, 7) is 5.24. The Hall–Kier alpha value is -1.72. The van der Waals surface area contributed by atoms with Gasteiger partial charge in [0, 0.05) is 5.41 Å². The van der Waals surface area contributed by atoms with Gasteiger partial charge in [0.25, 0.3) is 0 Å². The molecule has 84 valence electrons. The van der Waals surface area contributed by atoms with Crippen molar-refractivity contribution in [2.45, 2.75) is 20.8 Å². The SMILES string of the molecule is CC(C)(C)C(=O)NNC(=O)C1=COCO1. The fourth-order valence-electron chi connectivity index (χ4n) is 0.723. The predicted octanol–water partition coefficient (Wildman–Crippen LogP) is 0.0256. The molecule has 6 nitrogen and oxygen atoms in total. The summed E-state index contributed by atoms with van der Waals surface area (Å²) in [7, 11) is 0. The molecule has 2 amide bonds. The number of carbonyl (C=O) groups is 2. The van der Waals surface area contributed by atoms with Crippen molar-refractivity contribution in [3.8, 4) is 0 Å². The molecule has 0 aliphatic carbocycles. The average Bonchev–Trinajstić information content (AvgIpc) is 2.64. The van der Waals surface area contributed by atoms with Crippen molar-refractivity contribution < 1.29 is 19.1 Å². The third kappa shape index (κ3) is 3.16. The smallest absolute Gasteiger partial charge is 0.308 e. The maximum absolute atomic E-state index is 11.4. The monoisotopic (exact) mass is 214 g/mol. The van der Waals surface area contributed by atoms with Crippen LogP contribution in [0.25, 0.3) is 0 Å². The third-order valence-corrected chi connectivity index (χ3v) is 1.67. The molecule has 0 fully saturated rings. The molecule has 1 rings (SSSR count). The molecular formula is C9H14N2O4. The van der Waals surface area contributed by atoms with Gasteiger partial charge in [-0.15, -0.1) is 0 Å². The summed E-state index contributed by atoms with van der Waals surface area (Å²) in [6.07, 6.45) is 1.19. The molecule has 0 unspecified atom stereocenters. The van der Waals surface area contributed by atoms with E-state index in [0.29, 0.717) is 0 Å². The quantitative estimate of drug-likeness (QED) is 0.603. The van der Waals surface area contributed by atoms with E-state index >= 15 is 0 Å². The molecule has 15 heavy (non-hydrogen) atoms. The summed E-state index contributed by atoms with van der Waals surface area (Å²) >= 11 is 0. The molecule has 1 heterocycles. The van der Waals surface area contributed by atoms with Crippen molar-refractivity contribution >= 4 is 11.8 Å². The minimum Gasteiger partial charge on any atom is -0.461 e. The number of hydrogen-bond donors (Lipinski definition) is 2. The normalized spacial score (nSPS) is 14.7. The maximum atomic E-state index is 11.4. The Morgan fingerprint density at radius 1 is 1.33 bits per heavy atom. The van der Waals surface area contributed by atoms with E-state index < -0.39 is 11.3 Å². The topological polar surface area (TPSA) is 76.7 Å². The van der Waals surface area contributed by atoms with Crippen LogP contribution in [0.1, 0.15) is 20.8 Å². The highest BCUT2D eigenvalue weighted by Gasteiger charge is 2.23. The van der Waals surface area contributed by atoms with Crippen molar-refractivity contribution in [3.63, 3.8) is 0 Å². The molecule has 6 heteroatoms. The van der Waals surface area contributed by atoms with Gasteiger partial charge in [-0.05, 0) is 0 Å². The summed E-state index contributed by atoms with van der Waals surface area (Å²) in [4.78, 5) is 22.6. The third-order valence-electron chi connectivity index (χ3n) is 1.67.